The average Bonchev–Trinajstić information content (AvgIpc) is 2.69. The lowest BCUT2D eigenvalue weighted by molar-refractivity contribution is 0.174. The summed E-state index contributed by atoms with van der Waals surface area (Å²) in [6.07, 6.45) is 0.0625. The molecule has 0 spiro atoms. The summed E-state index contributed by atoms with van der Waals surface area (Å²) in [5.41, 5.74) is 4.16. The average molecular weight is 323 g/mol. The number of aryl methyl sites for hydroxylation is 3. The number of hydrogen-bond donors (Lipinski definition) is 1. The van der Waals surface area contributed by atoms with Gasteiger partial charge in [-0.1, -0.05) is 28.1 Å². The first-order chi connectivity index (χ1) is 9.01. The van der Waals surface area contributed by atoms with E-state index in [1.807, 2.05) is 42.8 Å². The minimum absolute atomic E-state index is 0.517. The first-order valence-corrected chi connectivity index (χ1v) is 7.28. The molecule has 1 heterocycles. The first kappa shape index (κ1) is 14.3. The van der Waals surface area contributed by atoms with Crippen LogP contribution in [0.1, 0.15) is 35.5 Å². The van der Waals surface area contributed by atoms with Gasteiger partial charge in [-0.15, -0.1) is 0 Å². The van der Waals surface area contributed by atoms with Crippen molar-refractivity contribution in [1.29, 1.82) is 0 Å². The Morgan fingerprint density at radius 3 is 2.68 bits per heavy atom. The predicted octanol–water partition coefficient (Wildman–Crippen LogP) is 3.56. The van der Waals surface area contributed by atoms with Crippen molar-refractivity contribution in [3.63, 3.8) is 0 Å². The second-order valence-electron chi connectivity index (χ2n) is 4.84. The molecule has 102 valence electrons. The van der Waals surface area contributed by atoms with Crippen LogP contribution in [0.25, 0.3) is 0 Å². The van der Waals surface area contributed by atoms with Crippen molar-refractivity contribution in [2.24, 2.45) is 0 Å². The van der Waals surface area contributed by atoms with Crippen LogP contribution in [0.15, 0.2) is 28.7 Å². The molecular weight excluding hydrogens is 304 g/mol. The molecule has 2 aromatic rings. The first-order valence-electron chi connectivity index (χ1n) is 6.48. The molecule has 1 aromatic carbocycles. The maximum absolute atomic E-state index is 10.4. The normalized spacial score (nSPS) is 12.7. The number of nitrogens with zero attached hydrogens (tertiary/aromatic N) is 2. The number of halogens is 1. The highest BCUT2D eigenvalue weighted by Crippen LogP contribution is 2.27. The van der Waals surface area contributed by atoms with Gasteiger partial charge in [0, 0.05) is 23.1 Å². The molecule has 3 nitrogen and oxygen atoms in total. The van der Waals surface area contributed by atoms with Gasteiger partial charge in [0.1, 0.15) is 0 Å². The summed E-state index contributed by atoms with van der Waals surface area (Å²) < 4.78 is 2.90. The molecule has 0 saturated heterocycles. The van der Waals surface area contributed by atoms with Crippen LogP contribution >= 0.6 is 15.9 Å². The topological polar surface area (TPSA) is 38.0 Å². The van der Waals surface area contributed by atoms with Crippen LogP contribution in [-0.2, 0) is 13.0 Å². The Hall–Kier alpha value is -1.13. The molecule has 0 bridgehead atoms. The third-order valence-electron chi connectivity index (χ3n) is 3.20. The Bertz CT molecular complexity index is 578. The second-order valence-corrected chi connectivity index (χ2v) is 5.69. The second kappa shape index (κ2) is 5.88. The highest BCUT2D eigenvalue weighted by atomic mass is 79.9. The van der Waals surface area contributed by atoms with Gasteiger partial charge in [0.05, 0.1) is 11.8 Å². The van der Waals surface area contributed by atoms with Gasteiger partial charge in [-0.25, -0.2) is 0 Å². The van der Waals surface area contributed by atoms with Crippen LogP contribution < -0.4 is 0 Å². The van der Waals surface area contributed by atoms with E-state index >= 15 is 0 Å². The molecule has 19 heavy (non-hydrogen) atoms. The molecule has 0 saturated carbocycles. The van der Waals surface area contributed by atoms with E-state index in [0.29, 0.717) is 6.42 Å². The standard InChI is InChI=1S/C15H19BrN2O/c1-4-18-12(8-11(3)17-18)9-15(19)13-6-5-10(2)7-14(13)16/h5-8,15,19H,4,9H2,1-3H3. The SMILES string of the molecule is CCn1nc(C)cc1CC(O)c1ccc(C)cc1Br. The lowest BCUT2D eigenvalue weighted by atomic mass is 10.0. The number of aliphatic hydroxyl groups is 1. The fourth-order valence-electron chi connectivity index (χ4n) is 2.25. The third kappa shape index (κ3) is 3.25. The molecule has 0 aliphatic heterocycles. The number of rotatable bonds is 4. The Morgan fingerprint density at radius 1 is 1.32 bits per heavy atom. The molecule has 0 amide bonds. The monoisotopic (exact) mass is 322 g/mol. The molecule has 1 N–H and O–H groups in total. The zero-order chi connectivity index (χ0) is 14.0. The van der Waals surface area contributed by atoms with Crippen LogP contribution in [-0.4, -0.2) is 14.9 Å². The highest BCUT2D eigenvalue weighted by Gasteiger charge is 2.15. The van der Waals surface area contributed by atoms with Gasteiger partial charge in [0.2, 0.25) is 0 Å². The molecule has 1 aromatic heterocycles. The summed E-state index contributed by atoms with van der Waals surface area (Å²) >= 11 is 3.52. The lowest BCUT2D eigenvalue weighted by Gasteiger charge is -2.14. The van der Waals surface area contributed by atoms with Crippen molar-refractivity contribution in [3.8, 4) is 0 Å². The predicted molar refractivity (Wildman–Crippen MR) is 80.2 cm³/mol. The van der Waals surface area contributed by atoms with E-state index in [0.717, 1.165) is 28.0 Å². The van der Waals surface area contributed by atoms with Crippen molar-refractivity contribution in [1.82, 2.24) is 9.78 Å². The van der Waals surface area contributed by atoms with Gasteiger partial charge in [0.15, 0.2) is 0 Å². The van der Waals surface area contributed by atoms with Crippen LogP contribution in [0.3, 0.4) is 0 Å². The molecule has 0 radical (unpaired) electrons. The fraction of sp³-hybridized carbons (Fsp3) is 0.400. The summed E-state index contributed by atoms with van der Waals surface area (Å²) in [5.74, 6) is 0. The number of aromatic nitrogens is 2. The van der Waals surface area contributed by atoms with E-state index in [1.165, 1.54) is 5.56 Å². The lowest BCUT2D eigenvalue weighted by Crippen LogP contribution is -2.09. The van der Waals surface area contributed by atoms with E-state index in [2.05, 4.69) is 28.0 Å². The van der Waals surface area contributed by atoms with Gasteiger partial charge >= 0.3 is 0 Å². The maximum atomic E-state index is 10.4. The molecular formula is C15H19BrN2O. The molecule has 0 aliphatic rings. The van der Waals surface area contributed by atoms with Crippen LogP contribution in [0.2, 0.25) is 0 Å². The van der Waals surface area contributed by atoms with Crippen LogP contribution in [0, 0.1) is 13.8 Å². The van der Waals surface area contributed by atoms with Gasteiger partial charge < -0.3 is 5.11 Å². The van der Waals surface area contributed by atoms with E-state index < -0.39 is 6.10 Å². The third-order valence-corrected chi connectivity index (χ3v) is 3.89. The Kier molecular flexibility index (Phi) is 4.42. The van der Waals surface area contributed by atoms with Crippen molar-refractivity contribution >= 4 is 15.9 Å². The van der Waals surface area contributed by atoms with Gasteiger partial charge in [-0.05, 0) is 44.0 Å². The van der Waals surface area contributed by atoms with Gasteiger partial charge in [0.25, 0.3) is 0 Å². The highest BCUT2D eigenvalue weighted by molar-refractivity contribution is 9.10. The van der Waals surface area contributed by atoms with E-state index in [-0.39, 0.29) is 0 Å². The Labute approximate surface area is 122 Å². The smallest absolute Gasteiger partial charge is 0.0856 e. The fourth-order valence-corrected chi connectivity index (χ4v) is 3.01. The minimum atomic E-state index is -0.517. The Balaban J connectivity index is 2.22. The molecule has 2 rings (SSSR count). The number of aliphatic hydroxyl groups excluding tert-OH is 1. The minimum Gasteiger partial charge on any atom is -0.388 e. The quantitative estimate of drug-likeness (QED) is 0.934. The summed E-state index contributed by atoms with van der Waals surface area (Å²) in [5, 5.41) is 14.8. The van der Waals surface area contributed by atoms with Crippen molar-refractivity contribution in [2.75, 3.05) is 0 Å². The largest absolute Gasteiger partial charge is 0.388 e. The van der Waals surface area contributed by atoms with Crippen molar-refractivity contribution < 1.29 is 5.11 Å². The van der Waals surface area contributed by atoms with E-state index in [4.69, 9.17) is 0 Å². The van der Waals surface area contributed by atoms with E-state index in [1.54, 1.807) is 0 Å². The van der Waals surface area contributed by atoms with Crippen LogP contribution in [0.4, 0.5) is 0 Å². The summed E-state index contributed by atoms with van der Waals surface area (Å²) in [6.45, 7) is 6.90. The molecule has 4 heteroatoms. The van der Waals surface area contributed by atoms with Gasteiger partial charge in [-0.3, -0.25) is 4.68 Å². The molecule has 0 aliphatic carbocycles. The molecule has 1 unspecified atom stereocenters. The molecule has 0 fully saturated rings. The summed E-state index contributed by atoms with van der Waals surface area (Å²) in [6, 6.07) is 8.06. The maximum Gasteiger partial charge on any atom is 0.0856 e. The zero-order valence-electron chi connectivity index (χ0n) is 11.5. The van der Waals surface area contributed by atoms with Crippen LogP contribution in [0.5, 0.6) is 0 Å². The molecule has 1 atom stereocenters. The number of benzene rings is 1. The summed E-state index contributed by atoms with van der Waals surface area (Å²) in [7, 11) is 0. The summed E-state index contributed by atoms with van der Waals surface area (Å²) in [4.78, 5) is 0. The Morgan fingerprint density at radius 2 is 2.05 bits per heavy atom. The van der Waals surface area contributed by atoms with E-state index in [9.17, 15) is 5.11 Å². The zero-order valence-corrected chi connectivity index (χ0v) is 13.1. The van der Waals surface area contributed by atoms with Crippen molar-refractivity contribution in [3.05, 3.63) is 51.3 Å². The van der Waals surface area contributed by atoms with Gasteiger partial charge in [-0.2, -0.15) is 5.10 Å². The van der Waals surface area contributed by atoms with Crippen molar-refractivity contribution in [2.45, 2.75) is 39.8 Å². The number of hydrogen-bond acceptors (Lipinski definition) is 2.